The highest BCUT2D eigenvalue weighted by Crippen LogP contribution is 2.18. The number of nitrogens with two attached hydrogens (primary N) is 1. The van der Waals surface area contributed by atoms with Crippen molar-refractivity contribution in [2.45, 2.75) is 6.92 Å². The fourth-order valence-corrected chi connectivity index (χ4v) is 2.25. The van der Waals surface area contributed by atoms with Crippen LogP contribution < -0.4 is 11.3 Å². The minimum atomic E-state index is 0.556. The van der Waals surface area contributed by atoms with Gasteiger partial charge in [0.2, 0.25) is 0 Å². The zero-order valence-corrected chi connectivity index (χ0v) is 10.6. The summed E-state index contributed by atoms with van der Waals surface area (Å²) in [5.41, 5.74) is 3.89. The van der Waals surface area contributed by atoms with Crippen LogP contribution >= 0.6 is 0 Å². The van der Waals surface area contributed by atoms with Crippen LogP contribution in [0.15, 0.2) is 60.0 Å². The number of aryl methyl sites for hydroxylation is 1. The number of benzene rings is 2. The minimum Gasteiger partial charge on any atom is -0.321 e. The highest BCUT2D eigenvalue weighted by Gasteiger charge is 2.05. The Hall–Kier alpha value is -2.62. The van der Waals surface area contributed by atoms with E-state index in [9.17, 15) is 0 Å². The number of para-hydroxylation sites is 2. The van der Waals surface area contributed by atoms with Crippen molar-refractivity contribution in [2.24, 2.45) is 10.9 Å². The van der Waals surface area contributed by atoms with Gasteiger partial charge in [0.15, 0.2) is 5.49 Å². The molecule has 0 amide bonds. The normalized spacial score (nSPS) is 11.9. The summed E-state index contributed by atoms with van der Waals surface area (Å²) in [6, 6.07) is 16.2. The Balaban J connectivity index is 2.42. The van der Waals surface area contributed by atoms with Crippen molar-refractivity contribution < 1.29 is 0 Å². The molecule has 94 valence electrons. The molecule has 0 unspecified atom stereocenters. The third-order valence-electron chi connectivity index (χ3n) is 3.20. The molecule has 19 heavy (non-hydrogen) atoms. The lowest BCUT2D eigenvalue weighted by atomic mass is 10.1. The molecule has 4 nitrogen and oxygen atoms in total. The lowest BCUT2D eigenvalue weighted by molar-refractivity contribution is 0.967. The summed E-state index contributed by atoms with van der Waals surface area (Å²) < 4.78 is 2.05. The van der Waals surface area contributed by atoms with Crippen molar-refractivity contribution in [3.05, 3.63) is 65.9 Å². The highest BCUT2D eigenvalue weighted by molar-refractivity contribution is 5.79. The van der Waals surface area contributed by atoms with Gasteiger partial charge < -0.3 is 5.84 Å². The second kappa shape index (κ2) is 4.57. The Bertz CT molecular complexity index is 802. The SMILES string of the molecule is Cc1ccccc1-n1cn/c(=N/N)c2ccccc21. The summed E-state index contributed by atoms with van der Waals surface area (Å²) in [7, 11) is 0. The topological polar surface area (TPSA) is 56.2 Å². The molecular weight excluding hydrogens is 236 g/mol. The fourth-order valence-electron chi connectivity index (χ4n) is 2.25. The average Bonchev–Trinajstić information content (AvgIpc) is 2.47. The van der Waals surface area contributed by atoms with E-state index < -0.39 is 0 Å². The summed E-state index contributed by atoms with van der Waals surface area (Å²) in [5.74, 6) is 5.39. The molecule has 1 heterocycles. The van der Waals surface area contributed by atoms with E-state index in [2.05, 4.69) is 33.7 Å². The highest BCUT2D eigenvalue weighted by atomic mass is 15.2. The maximum Gasteiger partial charge on any atom is 0.182 e. The van der Waals surface area contributed by atoms with Crippen LogP contribution in [-0.4, -0.2) is 9.55 Å². The Morgan fingerprint density at radius 2 is 1.79 bits per heavy atom. The molecule has 0 aliphatic heterocycles. The van der Waals surface area contributed by atoms with Crippen molar-refractivity contribution in [2.75, 3.05) is 0 Å². The van der Waals surface area contributed by atoms with E-state index in [0.717, 1.165) is 16.6 Å². The van der Waals surface area contributed by atoms with Crippen LogP contribution in [0.1, 0.15) is 5.56 Å². The summed E-state index contributed by atoms with van der Waals surface area (Å²) in [6.07, 6.45) is 1.76. The molecule has 2 N–H and O–H groups in total. The van der Waals surface area contributed by atoms with E-state index >= 15 is 0 Å². The van der Waals surface area contributed by atoms with Gasteiger partial charge in [-0.15, -0.1) is 0 Å². The first kappa shape index (κ1) is 11.5. The van der Waals surface area contributed by atoms with Gasteiger partial charge in [0, 0.05) is 11.1 Å². The first-order valence-corrected chi connectivity index (χ1v) is 6.07. The van der Waals surface area contributed by atoms with Gasteiger partial charge in [-0.05, 0) is 30.7 Å². The third kappa shape index (κ3) is 1.87. The quantitative estimate of drug-likeness (QED) is 0.531. The predicted octanol–water partition coefficient (Wildman–Crippen LogP) is 2.11. The van der Waals surface area contributed by atoms with Crippen LogP contribution in [0.25, 0.3) is 16.6 Å². The largest absolute Gasteiger partial charge is 0.321 e. The number of rotatable bonds is 1. The van der Waals surface area contributed by atoms with Gasteiger partial charge >= 0.3 is 0 Å². The van der Waals surface area contributed by atoms with Crippen LogP contribution in [-0.2, 0) is 0 Å². The molecule has 3 aromatic rings. The lowest BCUT2D eigenvalue weighted by Gasteiger charge is -2.12. The van der Waals surface area contributed by atoms with Gasteiger partial charge in [-0.2, -0.15) is 5.10 Å². The zero-order valence-electron chi connectivity index (χ0n) is 10.6. The van der Waals surface area contributed by atoms with Gasteiger partial charge in [0.1, 0.15) is 6.33 Å². The fraction of sp³-hybridized carbons (Fsp3) is 0.0667. The van der Waals surface area contributed by atoms with Gasteiger partial charge in [-0.25, -0.2) is 4.98 Å². The maximum absolute atomic E-state index is 5.39. The molecular formula is C15H14N4. The summed E-state index contributed by atoms with van der Waals surface area (Å²) >= 11 is 0. The van der Waals surface area contributed by atoms with E-state index in [-0.39, 0.29) is 0 Å². The molecule has 0 saturated carbocycles. The molecule has 4 heteroatoms. The molecule has 3 rings (SSSR count). The van der Waals surface area contributed by atoms with Crippen molar-refractivity contribution in [3.63, 3.8) is 0 Å². The van der Waals surface area contributed by atoms with Crippen LogP contribution in [0, 0.1) is 6.92 Å². The summed E-state index contributed by atoms with van der Waals surface area (Å²) in [4.78, 5) is 4.31. The lowest BCUT2D eigenvalue weighted by Crippen LogP contribution is -2.15. The maximum atomic E-state index is 5.39. The molecule has 1 aromatic heterocycles. The molecule has 0 fully saturated rings. The van der Waals surface area contributed by atoms with Crippen molar-refractivity contribution >= 4 is 10.9 Å². The molecule has 0 spiro atoms. The molecule has 0 atom stereocenters. The number of hydrogen-bond donors (Lipinski definition) is 1. The van der Waals surface area contributed by atoms with Gasteiger partial charge in [-0.1, -0.05) is 30.3 Å². The smallest absolute Gasteiger partial charge is 0.182 e. The van der Waals surface area contributed by atoms with E-state index in [1.54, 1.807) is 6.33 Å². The number of hydrogen-bond acceptors (Lipinski definition) is 3. The summed E-state index contributed by atoms with van der Waals surface area (Å²) in [6.45, 7) is 2.08. The van der Waals surface area contributed by atoms with E-state index in [0.29, 0.717) is 5.49 Å². The van der Waals surface area contributed by atoms with Crippen molar-refractivity contribution in [1.29, 1.82) is 0 Å². The molecule has 0 aliphatic rings. The van der Waals surface area contributed by atoms with E-state index in [1.165, 1.54) is 5.56 Å². The summed E-state index contributed by atoms with van der Waals surface area (Å²) in [5, 5.41) is 4.67. The first-order valence-electron chi connectivity index (χ1n) is 6.07. The monoisotopic (exact) mass is 250 g/mol. The Morgan fingerprint density at radius 3 is 2.58 bits per heavy atom. The number of aromatic nitrogens is 2. The Labute approximate surface area is 110 Å². The third-order valence-corrected chi connectivity index (χ3v) is 3.20. The standard InChI is InChI=1S/C15H14N4/c1-11-6-2-4-8-13(11)19-10-17-15(18-16)12-7-3-5-9-14(12)19/h2-10H,16H2,1H3/b18-15+. The second-order valence-corrected chi connectivity index (χ2v) is 4.37. The second-order valence-electron chi connectivity index (χ2n) is 4.37. The first-order chi connectivity index (χ1) is 9.31. The van der Waals surface area contributed by atoms with Crippen molar-refractivity contribution in [3.8, 4) is 5.69 Å². The Kier molecular flexibility index (Phi) is 2.76. The van der Waals surface area contributed by atoms with Crippen LogP contribution in [0.4, 0.5) is 0 Å². The average molecular weight is 250 g/mol. The van der Waals surface area contributed by atoms with Crippen molar-refractivity contribution in [1.82, 2.24) is 9.55 Å². The number of fused-ring (bicyclic) bond motifs is 1. The van der Waals surface area contributed by atoms with Crippen LogP contribution in [0.5, 0.6) is 0 Å². The van der Waals surface area contributed by atoms with E-state index in [4.69, 9.17) is 5.84 Å². The van der Waals surface area contributed by atoms with Crippen LogP contribution in [0.2, 0.25) is 0 Å². The van der Waals surface area contributed by atoms with Gasteiger partial charge in [0.05, 0.1) is 5.52 Å². The molecule has 0 aliphatic carbocycles. The minimum absolute atomic E-state index is 0.556. The molecule has 0 saturated heterocycles. The predicted molar refractivity (Wildman–Crippen MR) is 75.6 cm³/mol. The van der Waals surface area contributed by atoms with E-state index in [1.807, 2.05) is 36.4 Å². The molecule has 0 bridgehead atoms. The van der Waals surface area contributed by atoms with Crippen LogP contribution in [0.3, 0.4) is 0 Å². The zero-order chi connectivity index (χ0) is 13.2. The molecule has 0 radical (unpaired) electrons. The molecule has 2 aromatic carbocycles. The Morgan fingerprint density at radius 1 is 1.05 bits per heavy atom. The van der Waals surface area contributed by atoms with Gasteiger partial charge in [0.25, 0.3) is 0 Å². The van der Waals surface area contributed by atoms with Gasteiger partial charge in [-0.3, -0.25) is 4.57 Å². The number of nitrogens with zero attached hydrogens (tertiary/aromatic N) is 3.